The summed E-state index contributed by atoms with van der Waals surface area (Å²) in [5.41, 5.74) is 5.81. The highest BCUT2D eigenvalue weighted by atomic mass is 32.2. The summed E-state index contributed by atoms with van der Waals surface area (Å²) in [4.78, 5) is 4.47. The number of rotatable bonds is 4. The van der Waals surface area contributed by atoms with Gasteiger partial charge in [0, 0.05) is 11.8 Å². The molecule has 1 rings (SSSR count). The molecule has 1 atom stereocenters. The fraction of sp³-hybridized carbons (Fsp3) is 0.900. The third kappa shape index (κ3) is 4.22. The molecule has 0 aromatic carbocycles. The minimum absolute atomic E-state index is 0.412. The zero-order valence-electron chi connectivity index (χ0n) is 9.12. The number of aliphatic imine (C=N–C) groups is 1. The Morgan fingerprint density at radius 3 is 2.79 bits per heavy atom. The second-order valence-corrected chi connectivity index (χ2v) is 4.86. The molecule has 1 aliphatic carbocycles. The van der Waals surface area contributed by atoms with Crippen molar-refractivity contribution in [1.82, 2.24) is 5.32 Å². The van der Waals surface area contributed by atoms with Crippen molar-refractivity contribution < 1.29 is 0 Å². The van der Waals surface area contributed by atoms with E-state index in [4.69, 9.17) is 5.73 Å². The van der Waals surface area contributed by atoms with Crippen LogP contribution in [-0.2, 0) is 0 Å². The summed E-state index contributed by atoms with van der Waals surface area (Å²) in [5, 5.41) is 3.21. The van der Waals surface area contributed by atoms with Crippen molar-refractivity contribution in [1.29, 1.82) is 0 Å². The van der Waals surface area contributed by atoms with Gasteiger partial charge in [0.15, 0.2) is 5.96 Å². The Morgan fingerprint density at radius 1 is 1.57 bits per heavy atom. The van der Waals surface area contributed by atoms with E-state index >= 15 is 0 Å². The molecule has 14 heavy (non-hydrogen) atoms. The van der Waals surface area contributed by atoms with E-state index in [1.807, 2.05) is 11.8 Å². The van der Waals surface area contributed by atoms with Crippen LogP contribution in [0.1, 0.15) is 32.6 Å². The van der Waals surface area contributed by atoms with Crippen molar-refractivity contribution in [3.63, 3.8) is 0 Å². The lowest BCUT2D eigenvalue weighted by molar-refractivity contribution is 0.679. The Balaban J connectivity index is 2.28. The molecule has 0 aromatic rings. The first-order valence-corrected chi connectivity index (χ1v) is 6.70. The second-order valence-electron chi connectivity index (χ2n) is 3.95. The van der Waals surface area contributed by atoms with Crippen LogP contribution in [-0.4, -0.2) is 30.1 Å². The maximum Gasteiger partial charge on any atom is 0.189 e. The normalized spacial score (nSPS) is 21.1. The standard InChI is InChI=1S/C10H21N3S/c1-8(7-14-2)12-10(11)13-9-5-3-4-6-9/h8-9H,3-7H2,1-2H3,(H3,11,12,13). The average molecular weight is 215 g/mol. The summed E-state index contributed by atoms with van der Waals surface area (Å²) in [5.74, 6) is 1.69. The number of nitrogens with one attached hydrogen (secondary N) is 1. The molecule has 0 aliphatic heterocycles. The molecule has 1 aliphatic rings. The Hall–Kier alpha value is -0.380. The molecule has 4 heteroatoms. The predicted octanol–water partition coefficient (Wildman–Crippen LogP) is 1.58. The molecule has 1 unspecified atom stereocenters. The Labute approximate surface area is 90.9 Å². The topological polar surface area (TPSA) is 50.4 Å². The highest BCUT2D eigenvalue weighted by molar-refractivity contribution is 7.98. The van der Waals surface area contributed by atoms with Gasteiger partial charge in [0.05, 0.1) is 6.04 Å². The maximum absolute atomic E-state index is 5.81. The molecular formula is C10H21N3S. The van der Waals surface area contributed by atoms with E-state index in [9.17, 15) is 0 Å². The first-order chi connectivity index (χ1) is 6.72. The van der Waals surface area contributed by atoms with E-state index in [-0.39, 0.29) is 0 Å². The minimum Gasteiger partial charge on any atom is -0.370 e. The van der Waals surface area contributed by atoms with Crippen molar-refractivity contribution in [2.24, 2.45) is 10.7 Å². The highest BCUT2D eigenvalue weighted by Gasteiger charge is 2.14. The van der Waals surface area contributed by atoms with Crippen molar-refractivity contribution >= 4 is 17.7 Å². The molecule has 82 valence electrons. The van der Waals surface area contributed by atoms with Crippen molar-refractivity contribution in [3.8, 4) is 0 Å². The van der Waals surface area contributed by atoms with Crippen LogP contribution in [0, 0.1) is 0 Å². The lowest BCUT2D eigenvalue weighted by Gasteiger charge is -2.14. The van der Waals surface area contributed by atoms with Crippen LogP contribution in [0.2, 0.25) is 0 Å². The molecule has 3 nitrogen and oxygen atoms in total. The SMILES string of the molecule is CSCC(C)NC(N)=NC1CCCC1. The van der Waals surface area contributed by atoms with Gasteiger partial charge in [-0.25, -0.2) is 0 Å². The summed E-state index contributed by atoms with van der Waals surface area (Å²) in [6.45, 7) is 2.13. The smallest absolute Gasteiger partial charge is 0.189 e. The monoisotopic (exact) mass is 215 g/mol. The molecule has 0 saturated heterocycles. The Bertz CT molecular complexity index is 188. The van der Waals surface area contributed by atoms with E-state index < -0.39 is 0 Å². The Morgan fingerprint density at radius 2 is 2.21 bits per heavy atom. The number of hydrogen-bond acceptors (Lipinski definition) is 2. The number of guanidine groups is 1. The number of thioether (sulfide) groups is 1. The lowest BCUT2D eigenvalue weighted by atomic mass is 10.3. The summed E-state index contributed by atoms with van der Waals surface area (Å²) < 4.78 is 0. The van der Waals surface area contributed by atoms with Gasteiger partial charge in [-0.1, -0.05) is 12.8 Å². The first-order valence-electron chi connectivity index (χ1n) is 5.31. The van der Waals surface area contributed by atoms with E-state index in [1.54, 1.807) is 0 Å². The molecule has 0 bridgehead atoms. The maximum atomic E-state index is 5.81. The van der Waals surface area contributed by atoms with E-state index in [1.165, 1.54) is 25.7 Å². The van der Waals surface area contributed by atoms with E-state index in [0.717, 1.165) is 5.75 Å². The molecule has 0 radical (unpaired) electrons. The molecule has 0 heterocycles. The fourth-order valence-electron chi connectivity index (χ4n) is 1.81. The molecule has 1 fully saturated rings. The van der Waals surface area contributed by atoms with Gasteiger partial charge in [0.25, 0.3) is 0 Å². The predicted molar refractivity (Wildman–Crippen MR) is 64.9 cm³/mol. The Kier molecular flexibility index (Phi) is 5.15. The first kappa shape index (κ1) is 11.7. The molecule has 3 N–H and O–H groups in total. The molecule has 0 amide bonds. The molecule has 1 saturated carbocycles. The van der Waals surface area contributed by atoms with Crippen molar-refractivity contribution in [2.75, 3.05) is 12.0 Å². The number of hydrogen-bond donors (Lipinski definition) is 2. The minimum atomic E-state index is 0.412. The van der Waals surface area contributed by atoms with Crippen LogP contribution in [0.25, 0.3) is 0 Å². The summed E-state index contributed by atoms with van der Waals surface area (Å²) >= 11 is 1.82. The third-order valence-electron chi connectivity index (χ3n) is 2.46. The van der Waals surface area contributed by atoms with Crippen LogP contribution >= 0.6 is 11.8 Å². The average Bonchev–Trinajstić information content (AvgIpc) is 2.56. The van der Waals surface area contributed by atoms with Crippen LogP contribution in [0.4, 0.5) is 0 Å². The van der Waals surface area contributed by atoms with Crippen LogP contribution in [0.15, 0.2) is 4.99 Å². The van der Waals surface area contributed by atoms with Gasteiger partial charge < -0.3 is 11.1 Å². The summed E-state index contributed by atoms with van der Waals surface area (Å²) in [6.07, 6.45) is 7.13. The van der Waals surface area contributed by atoms with Gasteiger partial charge >= 0.3 is 0 Å². The third-order valence-corrected chi connectivity index (χ3v) is 3.29. The molecule has 0 aromatic heterocycles. The van der Waals surface area contributed by atoms with E-state index in [2.05, 4.69) is 23.5 Å². The quantitative estimate of drug-likeness (QED) is 0.553. The van der Waals surface area contributed by atoms with Gasteiger partial charge in [-0.05, 0) is 26.0 Å². The van der Waals surface area contributed by atoms with Crippen molar-refractivity contribution in [3.05, 3.63) is 0 Å². The van der Waals surface area contributed by atoms with Gasteiger partial charge in [0.2, 0.25) is 0 Å². The lowest BCUT2D eigenvalue weighted by Crippen LogP contribution is -2.40. The second kappa shape index (κ2) is 6.17. The van der Waals surface area contributed by atoms with Gasteiger partial charge in [-0.3, -0.25) is 4.99 Å². The zero-order chi connectivity index (χ0) is 10.4. The molecule has 0 spiro atoms. The van der Waals surface area contributed by atoms with Gasteiger partial charge in [-0.2, -0.15) is 11.8 Å². The number of nitrogens with two attached hydrogens (primary N) is 1. The summed E-state index contributed by atoms with van der Waals surface area (Å²) in [6, 6.07) is 0.888. The highest BCUT2D eigenvalue weighted by Crippen LogP contribution is 2.20. The van der Waals surface area contributed by atoms with Crippen molar-refractivity contribution in [2.45, 2.75) is 44.7 Å². The van der Waals surface area contributed by atoms with Crippen LogP contribution < -0.4 is 11.1 Å². The van der Waals surface area contributed by atoms with E-state index in [0.29, 0.717) is 18.0 Å². The zero-order valence-corrected chi connectivity index (χ0v) is 9.94. The number of nitrogens with zero attached hydrogens (tertiary/aromatic N) is 1. The van der Waals surface area contributed by atoms with Crippen LogP contribution in [0.5, 0.6) is 0 Å². The van der Waals surface area contributed by atoms with Gasteiger partial charge in [0.1, 0.15) is 0 Å². The van der Waals surface area contributed by atoms with Crippen LogP contribution in [0.3, 0.4) is 0 Å². The van der Waals surface area contributed by atoms with Gasteiger partial charge in [-0.15, -0.1) is 0 Å². The summed E-state index contributed by atoms with van der Waals surface area (Å²) in [7, 11) is 0. The largest absolute Gasteiger partial charge is 0.370 e. The fourth-order valence-corrected chi connectivity index (χ4v) is 2.39. The molecular weight excluding hydrogens is 194 g/mol.